The van der Waals surface area contributed by atoms with Gasteiger partial charge >= 0.3 is 17.1 Å². The molecule has 0 aliphatic heterocycles. The van der Waals surface area contributed by atoms with Crippen LogP contribution >= 0.6 is 0 Å². The van der Waals surface area contributed by atoms with Crippen LogP contribution < -0.4 is 10.2 Å². The van der Waals surface area contributed by atoms with Crippen molar-refractivity contribution in [1.82, 2.24) is 0 Å². The summed E-state index contributed by atoms with van der Waals surface area (Å²) in [6, 6.07) is 0. The van der Waals surface area contributed by atoms with E-state index in [1.165, 1.54) is 25.7 Å². The molecule has 0 N–H and O–H groups in total. The molecule has 0 spiro atoms. The SMILES string of the molecule is CCCCCCCC(=O)[O-].CCCCCCCC(=O)[O-].[Fe+2]. The van der Waals surface area contributed by atoms with Crippen molar-refractivity contribution in [2.24, 2.45) is 0 Å². The molecule has 0 amide bonds. The summed E-state index contributed by atoms with van der Waals surface area (Å²) in [5.74, 6) is -1.84. The fraction of sp³-hybridized carbons (Fsp3) is 0.875. The fourth-order valence-corrected chi connectivity index (χ4v) is 1.75. The minimum Gasteiger partial charge on any atom is -0.550 e. The Labute approximate surface area is 140 Å². The van der Waals surface area contributed by atoms with Crippen molar-refractivity contribution >= 4 is 11.9 Å². The van der Waals surface area contributed by atoms with Gasteiger partial charge in [0.1, 0.15) is 0 Å². The number of hydrogen-bond donors (Lipinski definition) is 0. The summed E-state index contributed by atoms with van der Waals surface area (Å²) in [5, 5.41) is 19.8. The quantitative estimate of drug-likeness (QED) is 0.402. The summed E-state index contributed by atoms with van der Waals surface area (Å²) >= 11 is 0. The molecule has 0 aliphatic carbocycles. The van der Waals surface area contributed by atoms with Gasteiger partial charge in [0.15, 0.2) is 0 Å². The molecule has 0 saturated carbocycles. The number of carbonyl (C=O) groups is 2. The van der Waals surface area contributed by atoms with Crippen molar-refractivity contribution in [2.45, 2.75) is 90.9 Å². The first kappa shape index (κ1) is 25.4. The Morgan fingerprint density at radius 3 is 1.14 bits per heavy atom. The van der Waals surface area contributed by atoms with Crippen molar-refractivity contribution in [1.29, 1.82) is 0 Å². The molecule has 0 aliphatic rings. The van der Waals surface area contributed by atoms with Crippen molar-refractivity contribution < 1.29 is 36.9 Å². The minimum atomic E-state index is -0.920. The van der Waals surface area contributed by atoms with Gasteiger partial charge in [-0.05, 0) is 25.7 Å². The van der Waals surface area contributed by atoms with Gasteiger partial charge in [0.2, 0.25) is 0 Å². The molecule has 0 saturated heterocycles. The van der Waals surface area contributed by atoms with Gasteiger partial charge in [0.25, 0.3) is 0 Å². The molecule has 0 bridgehead atoms. The van der Waals surface area contributed by atoms with Gasteiger partial charge in [0, 0.05) is 11.9 Å². The minimum absolute atomic E-state index is 0. The number of unbranched alkanes of at least 4 members (excludes halogenated alkanes) is 8. The molecule has 0 aromatic heterocycles. The summed E-state index contributed by atoms with van der Waals surface area (Å²) in [4.78, 5) is 19.8. The number of rotatable bonds is 12. The largest absolute Gasteiger partial charge is 2.00 e. The van der Waals surface area contributed by atoms with E-state index in [4.69, 9.17) is 0 Å². The van der Waals surface area contributed by atoms with Crippen LogP contribution in [0.1, 0.15) is 90.9 Å². The van der Waals surface area contributed by atoms with Crippen LogP contribution in [0.25, 0.3) is 0 Å². The summed E-state index contributed by atoms with van der Waals surface area (Å²) in [6.45, 7) is 4.28. The maximum Gasteiger partial charge on any atom is 2.00 e. The molecule has 0 atom stereocenters. The predicted octanol–water partition coefficient (Wildman–Crippen LogP) is 2.19. The van der Waals surface area contributed by atoms with E-state index in [2.05, 4.69) is 13.8 Å². The van der Waals surface area contributed by atoms with E-state index in [-0.39, 0.29) is 29.9 Å². The zero-order valence-corrected chi connectivity index (χ0v) is 14.6. The molecule has 21 heavy (non-hydrogen) atoms. The van der Waals surface area contributed by atoms with E-state index in [1.807, 2.05) is 0 Å². The summed E-state index contributed by atoms with van der Waals surface area (Å²) in [5.41, 5.74) is 0. The second-order valence-electron chi connectivity index (χ2n) is 5.07. The molecule has 0 unspecified atom stereocenters. The monoisotopic (exact) mass is 342 g/mol. The molecule has 0 rings (SSSR count). The van der Waals surface area contributed by atoms with E-state index in [0.29, 0.717) is 0 Å². The van der Waals surface area contributed by atoms with Crippen LogP contribution in [0, 0.1) is 0 Å². The van der Waals surface area contributed by atoms with Gasteiger partial charge < -0.3 is 19.8 Å². The Kier molecular flexibility index (Phi) is 26.3. The third kappa shape index (κ3) is 32.7. The van der Waals surface area contributed by atoms with Gasteiger partial charge in [0.05, 0.1) is 0 Å². The molecule has 5 heteroatoms. The number of carboxylic acid groups (broad SMARTS) is 2. The van der Waals surface area contributed by atoms with Crippen LogP contribution in [0.15, 0.2) is 0 Å². The Morgan fingerprint density at radius 1 is 0.619 bits per heavy atom. The van der Waals surface area contributed by atoms with Crippen LogP contribution in [0.5, 0.6) is 0 Å². The van der Waals surface area contributed by atoms with Gasteiger partial charge in [-0.25, -0.2) is 0 Å². The van der Waals surface area contributed by atoms with Crippen molar-refractivity contribution in [2.75, 3.05) is 0 Å². The van der Waals surface area contributed by atoms with E-state index >= 15 is 0 Å². The molecule has 4 nitrogen and oxygen atoms in total. The molecule has 0 aromatic carbocycles. The average Bonchev–Trinajstić information content (AvgIpc) is 2.38. The summed E-state index contributed by atoms with van der Waals surface area (Å²) < 4.78 is 0. The Morgan fingerprint density at radius 2 is 0.905 bits per heavy atom. The number of aliphatic carboxylic acids is 2. The van der Waals surface area contributed by atoms with Crippen molar-refractivity contribution in [3.63, 3.8) is 0 Å². The second kappa shape index (κ2) is 21.8. The summed E-state index contributed by atoms with van der Waals surface area (Å²) in [7, 11) is 0. The van der Waals surface area contributed by atoms with E-state index in [9.17, 15) is 19.8 Å². The maximum absolute atomic E-state index is 9.92. The van der Waals surface area contributed by atoms with Crippen LogP contribution in [-0.2, 0) is 26.7 Å². The molecule has 126 valence electrons. The van der Waals surface area contributed by atoms with E-state index in [1.54, 1.807) is 0 Å². The average molecular weight is 342 g/mol. The van der Waals surface area contributed by atoms with Crippen LogP contribution in [-0.4, -0.2) is 11.9 Å². The topological polar surface area (TPSA) is 80.3 Å². The number of hydrogen-bond acceptors (Lipinski definition) is 4. The molecule has 0 fully saturated rings. The Balaban J connectivity index is -0.000000295. The molecular formula is C16H30FeO4. The first-order valence-electron chi connectivity index (χ1n) is 7.94. The maximum atomic E-state index is 9.92. The van der Waals surface area contributed by atoms with Gasteiger partial charge in [-0.1, -0.05) is 65.2 Å². The van der Waals surface area contributed by atoms with Gasteiger partial charge in [-0.15, -0.1) is 0 Å². The Bertz CT molecular complexity index is 208. The number of carbonyl (C=O) groups excluding carboxylic acids is 2. The molecule has 0 heterocycles. The van der Waals surface area contributed by atoms with Crippen LogP contribution in [0.3, 0.4) is 0 Å². The first-order valence-corrected chi connectivity index (χ1v) is 7.94. The molecule has 0 radical (unpaired) electrons. The van der Waals surface area contributed by atoms with E-state index < -0.39 is 11.9 Å². The molecular weight excluding hydrogens is 312 g/mol. The standard InChI is InChI=1S/2C8H16O2.Fe/c2*1-2-3-4-5-6-7-8(9)10;/h2*2-7H2,1H3,(H,9,10);/q;;+2/p-2. The molecule has 0 aromatic rings. The van der Waals surface area contributed by atoms with Gasteiger partial charge in [-0.3, -0.25) is 0 Å². The number of carboxylic acids is 2. The normalized spacial score (nSPS) is 9.24. The van der Waals surface area contributed by atoms with Crippen LogP contribution in [0.2, 0.25) is 0 Å². The first-order chi connectivity index (χ1) is 9.54. The van der Waals surface area contributed by atoms with Crippen molar-refractivity contribution in [3.8, 4) is 0 Å². The predicted molar refractivity (Wildman–Crippen MR) is 76.8 cm³/mol. The second-order valence-corrected chi connectivity index (χ2v) is 5.07. The third-order valence-corrected chi connectivity index (χ3v) is 2.97. The fourth-order valence-electron chi connectivity index (χ4n) is 1.75. The zero-order valence-electron chi connectivity index (χ0n) is 13.5. The van der Waals surface area contributed by atoms with Gasteiger partial charge in [-0.2, -0.15) is 0 Å². The summed E-state index contributed by atoms with van der Waals surface area (Å²) in [6.07, 6.45) is 11.2. The van der Waals surface area contributed by atoms with Crippen molar-refractivity contribution in [3.05, 3.63) is 0 Å². The third-order valence-electron chi connectivity index (χ3n) is 2.97. The smallest absolute Gasteiger partial charge is 0.550 e. The van der Waals surface area contributed by atoms with E-state index in [0.717, 1.165) is 38.5 Å². The van der Waals surface area contributed by atoms with Crippen LogP contribution in [0.4, 0.5) is 0 Å². The zero-order chi connectivity index (χ0) is 15.6. The Hall–Kier alpha value is -0.541.